The van der Waals surface area contributed by atoms with E-state index in [1.165, 1.54) is 12.1 Å². The first-order valence-electron chi connectivity index (χ1n) is 9.85. The average Bonchev–Trinajstić information content (AvgIpc) is 2.78. The Hall–Kier alpha value is -3.36. The molecular formula is C21H26N4O5. The summed E-state index contributed by atoms with van der Waals surface area (Å²) < 4.78 is 10.5. The van der Waals surface area contributed by atoms with Crippen molar-refractivity contribution in [1.29, 1.82) is 0 Å². The number of amides is 2. The Balaban J connectivity index is 1.44. The van der Waals surface area contributed by atoms with Gasteiger partial charge in [-0.2, -0.15) is 5.10 Å². The van der Waals surface area contributed by atoms with Gasteiger partial charge in [-0.05, 0) is 43.0 Å². The molecule has 2 amide bonds. The highest BCUT2D eigenvalue weighted by atomic mass is 16.5. The molecule has 9 heteroatoms. The summed E-state index contributed by atoms with van der Waals surface area (Å²) in [6.45, 7) is 1.06. The van der Waals surface area contributed by atoms with Crippen LogP contribution in [0.2, 0.25) is 0 Å². The Morgan fingerprint density at radius 2 is 1.87 bits per heavy atom. The zero-order chi connectivity index (χ0) is 21.5. The zero-order valence-corrected chi connectivity index (χ0v) is 17.1. The number of H-pyrrole nitrogens is 1. The first-order chi connectivity index (χ1) is 14.5. The van der Waals surface area contributed by atoms with E-state index in [9.17, 15) is 14.4 Å². The molecule has 2 N–H and O–H groups in total. The predicted octanol–water partition coefficient (Wildman–Crippen LogP) is 1.14. The lowest BCUT2D eigenvalue weighted by atomic mass is 10.0. The van der Waals surface area contributed by atoms with Gasteiger partial charge in [0.25, 0.3) is 11.5 Å². The van der Waals surface area contributed by atoms with Crippen LogP contribution in [0.5, 0.6) is 11.5 Å². The number of benzene rings is 1. The second-order valence-corrected chi connectivity index (χ2v) is 7.13. The van der Waals surface area contributed by atoms with Gasteiger partial charge >= 0.3 is 0 Å². The molecule has 0 atom stereocenters. The third kappa shape index (κ3) is 5.37. The van der Waals surface area contributed by atoms with Crippen LogP contribution in [0.15, 0.2) is 35.1 Å². The topological polar surface area (TPSA) is 114 Å². The summed E-state index contributed by atoms with van der Waals surface area (Å²) in [5.41, 5.74) is 0.865. The van der Waals surface area contributed by atoms with Gasteiger partial charge < -0.3 is 19.7 Å². The van der Waals surface area contributed by atoms with Gasteiger partial charge in [0.1, 0.15) is 5.69 Å². The van der Waals surface area contributed by atoms with E-state index in [2.05, 4.69) is 15.5 Å². The van der Waals surface area contributed by atoms with Crippen molar-refractivity contribution in [2.24, 2.45) is 0 Å². The Bertz CT molecular complexity index is 930. The Morgan fingerprint density at radius 1 is 1.13 bits per heavy atom. The lowest BCUT2D eigenvalue weighted by Crippen LogP contribution is -2.46. The highest BCUT2D eigenvalue weighted by Crippen LogP contribution is 2.28. The lowest BCUT2D eigenvalue weighted by Gasteiger charge is -2.32. The first-order valence-corrected chi connectivity index (χ1v) is 9.85. The maximum absolute atomic E-state index is 12.4. The van der Waals surface area contributed by atoms with E-state index in [-0.39, 0.29) is 29.1 Å². The number of nitrogens with one attached hydrogen (secondary N) is 2. The molecule has 0 radical (unpaired) electrons. The highest BCUT2D eigenvalue weighted by molar-refractivity contribution is 5.92. The van der Waals surface area contributed by atoms with Crippen LogP contribution in [0.4, 0.5) is 0 Å². The number of rotatable bonds is 7. The third-order valence-electron chi connectivity index (χ3n) is 5.13. The van der Waals surface area contributed by atoms with Crippen molar-refractivity contribution in [3.8, 4) is 11.5 Å². The molecule has 30 heavy (non-hydrogen) atoms. The average molecular weight is 414 g/mol. The van der Waals surface area contributed by atoms with Crippen molar-refractivity contribution in [2.45, 2.75) is 31.7 Å². The number of aromatic amines is 1. The van der Waals surface area contributed by atoms with Gasteiger partial charge in [-0.15, -0.1) is 0 Å². The first kappa shape index (κ1) is 21.4. The highest BCUT2D eigenvalue weighted by Gasteiger charge is 2.25. The van der Waals surface area contributed by atoms with E-state index in [1.54, 1.807) is 19.1 Å². The van der Waals surface area contributed by atoms with Crippen molar-refractivity contribution >= 4 is 11.8 Å². The number of hydrogen-bond acceptors (Lipinski definition) is 6. The van der Waals surface area contributed by atoms with Gasteiger partial charge in [0.2, 0.25) is 5.91 Å². The molecule has 160 valence electrons. The molecule has 1 aliphatic rings. The molecule has 1 fully saturated rings. The summed E-state index contributed by atoms with van der Waals surface area (Å²) in [6, 6.07) is 8.37. The number of aryl methyl sites for hydroxylation is 1. The van der Waals surface area contributed by atoms with Crippen LogP contribution in [-0.4, -0.2) is 60.3 Å². The van der Waals surface area contributed by atoms with E-state index in [0.29, 0.717) is 50.3 Å². The molecule has 2 heterocycles. The molecule has 0 bridgehead atoms. The monoisotopic (exact) mass is 414 g/mol. The van der Waals surface area contributed by atoms with Gasteiger partial charge in [-0.3, -0.25) is 14.4 Å². The SMILES string of the molecule is COc1ccc(CCC(=O)NC2CCN(C(=O)c3ccc(=O)[nH]n3)CC2)cc1OC. The van der Waals surface area contributed by atoms with Crippen molar-refractivity contribution in [3.05, 3.63) is 51.9 Å². The summed E-state index contributed by atoms with van der Waals surface area (Å²) in [5, 5.41) is 9.10. The van der Waals surface area contributed by atoms with Crippen molar-refractivity contribution in [2.75, 3.05) is 27.3 Å². The Kier molecular flexibility index (Phi) is 7.05. The molecule has 3 rings (SSSR count). The van der Waals surface area contributed by atoms with E-state index >= 15 is 0 Å². The summed E-state index contributed by atoms with van der Waals surface area (Å²) in [4.78, 5) is 37.5. The molecule has 2 aromatic rings. The van der Waals surface area contributed by atoms with Crippen LogP contribution in [0.25, 0.3) is 0 Å². The second kappa shape index (κ2) is 9.91. The molecular weight excluding hydrogens is 388 g/mol. The molecule has 1 saturated heterocycles. The van der Waals surface area contributed by atoms with Crippen LogP contribution in [0, 0.1) is 0 Å². The summed E-state index contributed by atoms with van der Waals surface area (Å²) >= 11 is 0. The number of carbonyl (C=O) groups is 2. The van der Waals surface area contributed by atoms with Crippen LogP contribution in [-0.2, 0) is 11.2 Å². The Labute approximate surface area is 174 Å². The zero-order valence-electron chi connectivity index (χ0n) is 17.1. The van der Waals surface area contributed by atoms with E-state index in [4.69, 9.17) is 9.47 Å². The van der Waals surface area contributed by atoms with E-state index < -0.39 is 0 Å². The van der Waals surface area contributed by atoms with Gasteiger partial charge in [0, 0.05) is 31.6 Å². The molecule has 9 nitrogen and oxygen atoms in total. The molecule has 0 spiro atoms. The third-order valence-corrected chi connectivity index (χ3v) is 5.13. The van der Waals surface area contributed by atoms with Crippen LogP contribution in [0.1, 0.15) is 35.3 Å². The smallest absolute Gasteiger partial charge is 0.274 e. The molecule has 1 aromatic heterocycles. The van der Waals surface area contributed by atoms with Gasteiger partial charge in [-0.1, -0.05) is 6.07 Å². The number of likely N-dealkylation sites (tertiary alicyclic amines) is 1. The molecule has 1 aromatic carbocycles. The van der Waals surface area contributed by atoms with Crippen LogP contribution in [0.3, 0.4) is 0 Å². The number of methoxy groups -OCH3 is 2. The fraction of sp³-hybridized carbons (Fsp3) is 0.429. The number of carbonyl (C=O) groups excluding carboxylic acids is 2. The maximum atomic E-state index is 12.4. The van der Waals surface area contributed by atoms with E-state index in [0.717, 1.165) is 5.56 Å². The minimum Gasteiger partial charge on any atom is -0.493 e. The maximum Gasteiger partial charge on any atom is 0.274 e. The Morgan fingerprint density at radius 3 is 2.50 bits per heavy atom. The number of nitrogens with zero attached hydrogens (tertiary/aromatic N) is 2. The van der Waals surface area contributed by atoms with Crippen LogP contribution < -0.4 is 20.3 Å². The van der Waals surface area contributed by atoms with Gasteiger partial charge in [0.05, 0.1) is 14.2 Å². The largest absolute Gasteiger partial charge is 0.493 e. The number of aromatic nitrogens is 2. The number of piperidine rings is 1. The molecule has 0 saturated carbocycles. The summed E-state index contributed by atoms with van der Waals surface area (Å²) in [5.74, 6) is 1.06. The molecule has 1 aliphatic heterocycles. The van der Waals surface area contributed by atoms with Gasteiger partial charge in [-0.25, -0.2) is 5.10 Å². The van der Waals surface area contributed by atoms with Crippen LogP contribution >= 0.6 is 0 Å². The van der Waals surface area contributed by atoms with Crippen molar-refractivity contribution < 1.29 is 19.1 Å². The lowest BCUT2D eigenvalue weighted by molar-refractivity contribution is -0.122. The van der Waals surface area contributed by atoms with Crippen molar-refractivity contribution in [1.82, 2.24) is 20.4 Å². The van der Waals surface area contributed by atoms with Gasteiger partial charge in [0.15, 0.2) is 11.5 Å². The van der Waals surface area contributed by atoms with Crippen molar-refractivity contribution in [3.63, 3.8) is 0 Å². The fourth-order valence-corrected chi connectivity index (χ4v) is 3.45. The van der Waals surface area contributed by atoms with E-state index in [1.807, 2.05) is 18.2 Å². The minimum atomic E-state index is -0.346. The summed E-state index contributed by atoms with van der Waals surface area (Å²) in [6.07, 6.45) is 2.33. The molecule has 0 aliphatic carbocycles. The number of hydrogen-bond donors (Lipinski definition) is 2. The minimum absolute atomic E-state index is 0.0168. The fourth-order valence-electron chi connectivity index (χ4n) is 3.45. The normalized spacial score (nSPS) is 14.3. The quantitative estimate of drug-likeness (QED) is 0.702. The number of ether oxygens (including phenoxy) is 2. The second-order valence-electron chi connectivity index (χ2n) is 7.13. The predicted molar refractivity (Wildman–Crippen MR) is 110 cm³/mol. The standard InChI is InChI=1S/C21H26N4O5/c1-29-17-6-3-14(13-18(17)30-2)4-7-19(26)22-15-9-11-25(12-10-15)21(28)16-5-8-20(27)24-23-16/h3,5-6,8,13,15H,4,7,9-12H2,1-2H3,(H,22,26)(H,24,27). The summed E-state index contributed by atoms with van der Waals surface area (Å²) in [7, 11) is 3.17. The molecule has 0 unspecified atom stereocenters.